The Kier molecular flexibility index (Phi) is 6.19. The van der Waals surface area contributed by atoms with E-state index in [-0.39, 0.29) is 17.5 Å². The van der Waals surface area contributed by atoms with Gasteiger partial charge in [0.2, 0.25) is 11.1 Å². The Morgan fingerprint density at radius 2 is 1.90 bits per heavy atom. The zero-order valence-electron chi connectivity index (χ0n) is 15.9. The molecule has 4 rings (SSSR count). The summed E-state index contributed by atoms with van der Waals surface area (Å²) in [7, 11) is 0. The van der Waals surface area contributed by atoms with Gasteiger partial charge in [0.1, 0.15) is 5.82 Å². The minimum Gasteiger partial charge on any atom is -0.342 e. The van der Waals surface area contributed by atoms with Crippen molar-refractivity contribution in [2.45, 2.75) is 24.4 Å². The fourth-order valence-electron chi connectivity index (χ4n) is 3.59. The summed E-state index contributed by atoms with van der Waals surface area (Å²) in [6.45, 7) is 1.57. The largest absolute Gasteiger partial charge is 0.342 e. The minimum absolute atomic E-state index is 0.0851. The van der Waals surface area contributed by atoms with Gasteiger partial charge in [-0.15, -0.1) is 5.10 Å². The molecule has 0 aliphatic carbocycles. The molecular weight excluding hydrogens is 389 g/mol. The molecular formula is C21H22FN5OS. The number of benzene rings is 2. The third-order valence-electron chi connectivity index (χ3n) is 5.15. The molecule has 0 atom stereocenters. The van der Waals surface area contributed by atoms with Gasteiger partial charge >= 0.3 is 0 Å². The fourth-order valence-corrected chi connectivity index (χ4v) is 4.38. The smallest absolute Gasteiger partial charge is 0.233 e. The Hall–Kier alpha value is -2.74. The van der Waals surface area contributed by atoms with Crippen LogP contribution in [0.2, 0.25) is 0 Å². The van der Waals surface area contributed by atoms with Crippen LogP contribution in [0.1, 0.15) is 18.4 Å². The van der Waals surface area contributed by atoms with E-state index in [0.29, 0.717) is 16.8 Å². The quantitative estimate of drug-likeness (QED) is 0.582. The van der Waals surface area contributed by atoms with Crippen molar-refractivity contribution in [1.82, 2.24) is 25.1 Å². The number of hydrogen-bond acceptors (Lipinski definition) is 5. The molecule has 0 radical (unpaired) electrons. The van der Waals surface area contributed by atoms with Gasteiger partial charge in [-0.3, -0.25) is 4.79 Å². The van der Waals surface area contributed by atoms with Crippen molar-refractivity contribution in [2.75, 3.05) is 18.8 Å². The molecule has 2 aromatic carbocycles. The number of rotatable bonds is 6. The van der Waals surface area contributed by atoms with Gasteiger partial charge in [-0.05, 0) is 59.4 Å². The Balaban J connectivity index is 1.29. The number of hydrogen-bond donors (Lipinski definition) is 0. The molecule has 0 spiro atoms. The van der Waals surface area contributed by atoms with Crippen molar-refractivity contribution in [3.63, 3.8) is 0 Å². The second kappa shape index (κ2) is 9.17. The van der Waals surface area contributed by atoms with Crippen LogP contribution in [0.4, 0.5) is 4.39 Å². The van der Waals surface area contributed by atoms with E-state index in [1.54, 1.807) is 12.1 Å². The number of aromatic nitrogens is 4. The number of tetrazole rings is 1. The molecule has 1 saturated heterocycles. The number of thioether (sulfide) groups is 1. The zero-order valence-corrected chi connectivity index (χ0v) is 16.8. The van der Waals surface area contributed by atoms with Gasteiger partial charge in [0.15, 0.2) is 0 Å². The third-order valence-corrected chi connectivity index (χ3v) is 6.06. The average Bonchev–Trinajstić information content (AvgIpc) is 3.22. The molecule has 0 unspecified atom stereocenters. The highest BCUT2D eigenvalue weighted by atomic mass is 32.2. The number of nitrogens with zero attached hydrogens (tertiary/aromatic N) is 5. The maximum absolute atomic E-state index is 13.5. The summed E-state index contributed by atoms with van der Waals surface area (Å²) in [5.74, 6) is 0.610. The lowest BCUT2D eigenvalue weighted by molar-refractivity contribution is -0.129. The fraction of sp³-hybridized carbons (Fsp3) is 0.333. The van der Waals surface area contributed by atoms with Crippen LogP contribution in [-0.2, 0) is 11.2 Å². The number of carbonyl (C=O) groups excluding carboxylic acids is 1. The highest BCUT2D eigenvalue weighted by Gasteiger charge is 2.23. The number of piperidine rings is 1. The first-order valence-electron chi connectivity index (χ1n) is 9.68. The van der Waals surface area contributed by atoms with Crippen molar-refractivity contribution in [2.24, 2.45) is 5.92 Å². The third kappa shape index (κ3) is 5.00. The van der Waals surface area contributed by atoms with E-state index in [2.05, 4.69) is 39.8 Å². The normalized spacial score (nSPS) is 14.9. The predicted molar refractivity (Wildman–Crippen MR) is 109 cm³/mol. The van der Waals surface area contributed by atoms with E-state index in [9.17, 15) is 9.18 Å². The van der Waals surface area contributed by atoms with Crippen LogP contribution < -0.4 is 0 Å². The highest BCUT2D eigenvalue weighted by Crippen LogP contribution is 2.24. The summed E-state index contributed by atoms with van der Waals surface area (Å²) >= 11 is 1.27. The van der Waals surface area contributed by atoms with Gasteiger partial charge in [-0.2, -0.15) is 4.68 Å². The van der Waals surface area contributed by atoms with Gasteiger partial charge in [0.25, 0.3) is 0 Å². The molecule has 1 aliphatic heterocycles. The molecule has 0 saturated carbocycles. The molecule has 0 bridgehead atoms. The average molecular weight is 412 g/mol. The second-order valence-electron chi connectivity index (χ2n) is 7.16. The van der Waals surface area contributed by atoms with Gasteiger partial charge < -0.3 is 4.90 Å². The summed E-state index contributed by atoms with van der Waals surface area (Å²) in [5.41, 5.74) is 1.89. The molecule has 1 amide bonds. The Morgan fingerprint density at radius 1 is 1.10 bits per heavy atom. The van der Waals surface area contributed by atoms with Crippen LogP contribution in [0.15, 0.2) is 59.8 Å². The molecule has 8 heteroatoms. The number of halogens is 1. The minimum atomic E-state index is -0.358. The van der Waals surface area contributed by atoms with Crippen LogP contribution >= 0.6 is 11.8 Å². The maximum Gasteiger partial charge on any atom is 0.233 e. The van der Waals surface area contributed by atoms with E-state index >= 15 is 0 Å². The Bertz CT molecular complexity index is 956. The van der Waals surface area contributed by atoms with Gasteiger partial charge in [-0.1, -0.05) is 48.2 Å². The lowest BCUT2D eigenvalue weighted by Gasteiger charge is -2.32. The van der Waals surface area contributed by atoms with Gasteiger partial charge in [-0.25, -0.2) is 4.39 Å². The summed E-state index contributed by atoms with van der Waals surface area (Å²) in [6, 6.07) is 16.6. The van der Waals surface area contributed by atoms with Crippen LogP contribution in [0.3, 0.4) is 0 Å². The molecule has 1 aromatic heterocycles. The van der Waals surface area contributed by atoms with Crippen LogP contribution in [0.25, 0.3) is 5.69 Å². The SMILES string of the molecule is O=C(CSc1nnnn1-c1cccc(F)c1)N1CCC(Cc2ccccc2)CC1. The van der Waals surface area contributed by atoms with Gasteiger partial charge in [0, 0.05) is 13.1 Å². The number of likely N-dealkylation sites (tertiary alicyclic amines) is 1. The van der Waals surface area contributed by atoms with Gasteiger partial charge in [0.05, 0.1) is 11.4 Å². The van der Waals surface area contributed by atoms with E-state index in [0.717, 1.165) is 32.4 Å². The second-order valence-corrected chi connectivity index (χ2v) is 8.10. The van der Waals surface area contributed by atoms with E-state index in [4.69, 9.17) is 0 Å². The molecule has 3 aromatic rings. The van der Waals surface area contributed by atoms with Crippen molar-refractivity contribution in [1.29, 1.82) is 0 Å². The Morgan fingerprint density at radius 3 is 2.66 bits per heavy atom. The zero-order chi connectivity index (χ0) is 20.1. The van der Waals surface area contributed by atoms with Crippen molar-refractivity contribution in [3.05, 3.63) is 66.0 Å². The van der Waals surface area contributed by atoms with Crippen molar-refractivity contribution < 1.29 is 9.18 Å². The first-order chi connectivity index (χ1) is 14.2. The standard InChI is InChI=1S/C21H22FN5OS/c22-18-7-4-8-19(14-18)27-21(23-24-25-27)29-15-20(28)26-11-9-17(10-12-26)13-16-5-2-1-3-6-16/h1-8,14,17H,9-13,15H2. The molecule has 0 N–H and O–H groups in total. The molecule has 6 nitrogen and oxygen atoms in total. The number of amides is 1. The first-order valence-corrected chi connectivity index (χ1v) is 10.7. The summed E-state index contributed by atoms with van der Waals surface area (Å²) < 4.78 is 14.9. The van der Waals surface area contributed by atoms with Crippen molar-refractivity contribution in [3.8, 4) is 5.69 Å². The Labute approximate surface area is 173 Å². The summed E-state index contributed by atoms with van der Waals surface area (Å²) in [6.07, 6.45) is 3.11. The van der Waals surface area contributed by atoms with Crippen LogP contribution in [0.5, 0.6) is 0 Å². The van der Waals surface area contributed by atoms with E-state index < -0.39 is 0 Å². The van der Waals surface area contributed by atoms with Crippen LogP contribution in [-0.4, -0.2) is 49.9 Å². The molecule has 1 aliphatic rings. The van der Waals surface area contributed by atoms with E-state index in [1.807, 2.05) is 11.0 Å². The first kappa shape index (κ1) is 19.6. The molecule has 2 heterocycles. The van der Waals surface area contributed by atoms with Crippen molar-refractivity contribution >= 4 is 17.7 Å². The maximum atomic E-state index is 13.5. The molecule has 1 fully saturated rings. The summed E-state index contributed by atoms with van der Waals surface area (Å²) in [4.78, 5) is 14.5. The summed E-state index contributed by atoms with van der Waals surface area (Å²) in [5, 5.41) is 12.0. The lowest BCUT2D eigenvalue weighted by Crippen LogP contribution is -2.39. The predicted octanol–water partition coefficient (Wildman–Crippen LogP) is 3.37. The molecule has 29 heavy (non-hydrogen) atoms. The lowest BCUT2D eigenvalue weighted by atomic mass is 9.90. The monoisotopic (exact) mass is 411 g/mol. The molecule has 150 valence electrons. The van der Waals surface area contributed by atoms with E-state index in [1.165, 1.54) is 34.1 Å². The topological polar surface area (TPSA) is 63.9 Å². The highest BCUT2D eigenvalue weighted by molar-refractivity contribution is 7.99. The number of carbonyl (C=O) groups is 1. The van der Waals surface area contributed by atoms with Crippen LogP contribution in [0, 0.1) is 11.7 Å².